The van der Waals surface area contributed by atoms with Crippen molar-refractivity contribution in [1.82, 2.24) is 0 Å². The fraction of sp³-hybridized carbons (Fsp3) is 0.571. The van der Waals surface area contributed by atoms with Crippen molar-refractivity contribution in [3.8, 4) is 11.5 Å². The standard InChI is InChI=1S/C14H18F2O3/c1-9(17)6-10-7-12-13(19-5-3-4-18-12)8-11(10)14(2,15)16/h7-9,17H,3-6H2,1-2H3. The molecular weight excluding hydrogens is 254 g/mol. The summed E-state index contributed by atoms with van der Waals surface area (Å²) in [4.78, 5) is 0. The second-order valence-electron chi connectivity index (χ2n) is 4.95. The predicted octanol–water partition coefficient (Wildman–Crippen LogP) is 2.88. The van der Waals surface area contributed by atoms with Gasteiger partial charge in [0, 0.05) is 18.9 Å². The van der Waals surface area contributed by atoms with Crippen LogP contribution in [-0.2, 0) is 12.3 Å². The van der Waals surface area contributed by atoms with Crippen molar-refractivity contribution in [3.63, 3.8) is 0 Å². The zero-order chi connectivity index (χ0) is 14.0. The molecule has 3 nitrogen and oxygen atoms in total. The highest BCUT2D eigenvalue weighted by Gasteiger charge is 2.30. The van der Waals surface area contributed by atoms with Gasteiger partial charge in [0.05, 0.1) is 19.3 Å². The first-order valence-corrected chi connectivity index (χ1v) is 6.37. The number of benzene rings is 1. The average molecular weight is 272 g/mol. The van der Waals surface area contributed by atoms with Crippen molar-refractivity contribution in [3.05, 3.63) is 23.3 Å². The quantitative estimate of drug-likeness (QED) is 0.919. The number of ether oxygens (including phenoxy) is 2. The van der Waals surface area contributed by atoms with E-state index in [-0.39, 0.29) is 12.0 Å². The summed E-state index contributed by atoms with van der Waals surface area (Å²) in [5.74, 6) is -2.15. The molecule has 1 aromatic rings. The minimum atomic E-state index is -2.98. The van der Waals surface area contributed by atoms with Crippen molar-refractivity contribution < 1.29 is 23.4 Å². The van der Waals surface area contributed by atoms with Crippen molar-refractivity contribution in [2.75, 3.05) is 13.2 Å². The summed E-state index contributed by atoms with van der Waals surface area (Å²) in [7, 11) is 0. The molecule has 0 amide bonds. The van der Waals surface area contributed by atoms with Gasteiger partial charge in [0.15, 0.2) is 11.5 Å². The lowest BCUT2D eigenvalue weighted by Gasteiger charge is -2.19. The maximum atomic E-state index is 13.7. The van der Waals surface area contributed by atoms with Gasteiger partial charge in [0.25, 0.3) is 5.92 Å². The molecule has 1 unspecified atom stereocenters. The number of fused-ring (bicyclic) bond motifs is 1. The molecule has 0 radical (unpaired) electrons. The van der Waals surface area contributed by atoms with Gasteiger partial charge in [-0.2, -0.15) is 0 Å². The molecular formula is C14H18F2O3. The Morgan fingerprint density at radius 3 is 2.37 bits per heavy atom. The van der Waals surface area contributed by atoms with Crippen LogP contribution in [0.25, 0.3) is 0 Å². The van der Waals surface area contributed by atoms with E-state index in [2.05, 4.69) is 0 Å². The van der Waals surface area contributed by atoms with Crippen LogP contribution in [0.2, 0.25) is 0 Å². The van der Waals surface area contributed by atoms with Crippen molar-refractivity contribution in [2.45, 2.75) is 38.7 Å². The average Bonchev–Trinajstić information content (AvgIpc) is 2.50. The number of aliphatic hydroxyl groups excluding tert-OH is 1. The molecule has 2 rings (SSSR count). The van der Waals surface area contributed by atoms with Crippen LogP contribution in [0.1, 0.15) is 31.4 Å². The van der Waals surface area contributed by atoms with Crippen LogP contribution < -0.4 is 9.47 Å². The van der Waals surface area contributed by atoms with E-state index >= 15 is 0 Å². The minimum absolute atomic E-state index is 0.113. The first kappa shape index (κ1) is 14.1. The Morgan fingerprint density at radius 1 is 1.26 bits per heavy atom. The lowest BCUT2D eigenvalue weighted by Crippen LogP contribution is -2.15. The van der Waals surface area contributed by atoms with Gasteiger partial charge in [-0.05, 0) is 31.0 Å². The summed E-state index contributed by atoms with van der Waals surface area (Å²) in [6, 6.07) is 2.89. The largest absolute Gasteiger partial charge is 0.490 e. The van der Waals surface area contributed by atoms with Gasteiger partial charge in [0.2, 0.25) is 0 Å². The molecule has 0 saturated carbocycles. The molecule has 106 valence electrons. The predicted molar refractivity (Wildman–Crippen MR) is 67.0 cm³/mol. The molecule has 0 saturated heterocycles. The lowest BCUT2D eigenvalue weighted by atomic mass is 9.97. The molecule has 5 heteroatoms. The minimum Gasteiger partial charge on any atom is -0.490 e. The van der Waals surface area contributed by atoms with Gasteiger partial charge in [-0.3, -0.25) is 0 Å². The third kappa shape index (κ3) is 3.35. The molecule has 19 heavy (non-hydrogen) atoms. The smallest absolute Gasteiger partial charge is 0.270 e. The Bertz CT molecular complexity index is 453. The summed E-state index contributed by atoms with van der Waals surface area (Å²) < 4.78 is 38.2. The summed E-state index contributed by atoms with van der Waals surface area (Å²) in [6.07, 6.45) is 0.194. The maximum Gasteiger partial charge on any atom is 0.270 e. The molecule has 0 aliphatic carbocycles. The number of hydrogen-bond acceptors (Lipinski definition) is 3. The van der Waals surface area contributed by atoms with Crippen molar-refractivity contribution in [2.24, 2.45) is 0 Å². The Morgan fingerprint density at radius 2 is 1.84 bits per heavy atom. The molecule has 1 aliphatic rings. The fourth-order valence-corrected chi connectivity index (χ4v) is 2.15. The molecule has 1 atom stereocenters. The third-order valence-corrected chi connectivity index (χ3v) is 2.96. The van der Waals surface area contributed by atoms with E-state index in [4.69, 9.17) is 9.47 Å². The van der Waals surface area contributed by atoms with E-state index in [0.717, 1.165) is 13.3 Å². The van der Waals surface area contributed by atoms with Crippen LogP contribution in [0.4, 0.5) is 8.78 Å². The van der Waals surface area contributed by atoms with Gasteiger partial charge in [0.1, 0.15) is 0 Å². The Hall–Kier alpha value is -1.36. The number of rotatable bonds is 3. The number of alkyl halides is 2. The van der Waals surface area contributed by atoms with E-state index in [0.29, 0.717) is 30.3 Å². The van der Waals surface area contributed by atoms with E-state index in [9.17, 15) is 13.9 Å². The van der Waals surface area contributed by atoms with E-state index in [1.165, 1.54) is 6.07 Å². The monoisotopic (exact) mass is 272 g/mol. The zero-order valence-corrected chi connectivity index (χ0v) is 11.1. The molecule has 1 heterocycles. The summed E-state index contributed by atoms with van der Waals surface area (Å²) in [5.41, 5.74) is 0.282. The molecule has 0 spiro atoms. The second kappa shape index (κ2) is 5.33. The van der Waals surface area contributed by atoms with Crippen LogP contribution in [0.3, 0.4) is 0 Å². The fourth-order valence-electron chi connectivity index (χ4n) is 2.15. The van der Waals surface area contributed by atoms with E-state index in [1.54, 1.807) is 13.0 Å². The molecule has 0 bridgehead atoms. The van der Waals surface area contributed by atoms with Gasteiger partial charge in [-0.25, -0.2) is 8.78 Å². The number of halogens is 2. The van der Waals surface area contributed by atoms with Gasteiger partial charge in [-0.1, -0.05) is 0 Å². The number of hydrogen-bond donors (Lipinski definition) is 1. The lowest BCUT2D eigenvalue weighted by molar-refractivity contribution is 0.0158. The van der Waals surface area contributed by atoms with Crippen LogP contribution in [0, 0.1) is 0 Å². The van der Waals surface area contributed by atoms with Crippen LogP contribution in [-0.4, -0.2) is 24.4 Å². The van der Waals surface area contributed by atoms with Crippen molar-refractivity contribution >= 4 is 0 Å². The summed E-state index contributed by atoms with van der Waals surface area (Å²) in [6.45, 7) is 3.37. The highest BCUT2D eigenvalue weighted by atomic mass is 19.3. The van der Waals surface area contributed by atoms with Crippen molar-refractivity contribution in [1.29, 1.82) is 0 Å². The molecule has 1 aliphatic heterocycles. The highest BCUT2D eigenvalue weighted by molar-refractivity contribution is 5.49. The molecule has 1 aromatic carbocycles. The highest BCUT2D eigenvalue weighted by Crippen LogP contribution is 2.39. The van der Waals surface area contributed by atoms with Gasteiger partial charge in [-0.15, -0.1) is 0 Å². The Kier molecular flexibility index (Phi) is 3.94. The van der Waals surface area contributed by atoms with E-state index in [1.807, 2.05) is 0 Å². The van der Waals surface area contributed by atoms with Crippen LogP contribution in [0.5, 0.6) is 11.5 Å². The molecule has 0 aromatic heterocycles. The Labute approximate surface area is 111 Å². The van der Waals surface area contributed by atoms with Crippen LogP contribution >= 0.6 is 0 Å². The molecule has 1 N–H and O–H groups in total. The van der Waals surface area contributed by atoms with Crippen LogP contribution in [0.15, 0.2) is 12.1 Å². The maximum absolute atomic E-state index is 13.7. The third-order valence-electron chi connectivity index (χ3n) is 2.96. The zero-order valence-electron chi connectivity index (χ0n) is 11.1. The van der Waals surface area contributed by atoms with E-state index < -0.39 is 12.0 Å². The van der Waals surface area contributed by atoms with Gasteiger partial charge < -0.3 is 14.6 Å². The normalized spacial score (nSPS) is 16.9. The SMILES string of the molecule is CC(O)Cc1cc2c(cc1C(C)(F)F)OCCCO2. The second-order valence-corrected chi connectivity index (χ2v) is 4.95. The first-order chi connectivity index (χ1) is 8.88. The first-order valence-electron chi connectivity index (χ1n) is 6.37. The molecule has 0 fully saturated rings. The Balaban J connectivity index is 2.47. The summed E-state index contributed by atoms with van der Waals surface area (Å²) >= 11 is 0. The number of aliphatic hydroxyl groups is 1. The van der Waals surface area contributed by atoms with Gasteiger partial charge >= 0.3 is 0 Å². The summed E-state index contributed by atoms with van der Waals surface area (Å²) in [5, 5.41) is 9.44. The topological polar surface area (TPSA) is 38.7 Å².